The van der Waals surface area contributed by atoms with Crippen molar-refractivity contribution >= 4 is 0 Å². The van der Waals surface area contributed by atoms with Gasteiger partial charge < -0.3 is 4.57 Å². The van der Waals surface area contributed by atoms with E-state index in [2.05, 4.69) is 69.0 Å². The van der Waals surface area contributed by atoms with Crippen LogP contribution in [0.5, 0.6) is 0 Å². The highest BCUT2D eigenvalue weighted by Gasteiger charge is 2.17. The quantitative estimate of drug-likeness (QED) is 0.745. The second-order valence-corrected chi connectivity index (χ2v) is 6.14. The van der Waals surface area contributed by atoms with Crippen LogP contribution in [0, 0.1) is 6.92 Å². The van der Waals surface area contributed by atoms with Gasteiger partial charge in [0.25, 0.3) is 0 Å². The Kier molecular flexibility index (Phi) is 3.67. The zero-order valence-electron chi connectivity index (χ0n) is 13.3. The molecule has 1 aliphatic heterocycles. The molecule has 0 unspecified atom stereocenters. The monoisotopic (exact) mass is 304 g/mol. The molecule has 0 N–H and O–H groups in total. The van der Waals surface area contributed by atoms with Gasteiger partial charge in [-0.05, 0) is 41.8 Å². The zero-order valence-corrected chi connectivity index (χ0v) is 13.3. The van der Waals surface area contributed by atoms with Crippen LogP contribution in [0.3, 0.4) is 0 Å². The molecule has 0 aliphatic carbocycles. The van der Waals surface area contributed by atoms with Crippen molar-refractivity contribution in [3.63, 3.8) is 0 Å². The average Bonchev–Trinajstić information content (AvgIpc) is 2.95. The number of benzene rings is 1. The fraction of sp³-hybridized carbons (Fsp3) is 0.263. The Hall–Kier alpha value is -2.46. The SMILES string of the molecule is Cc1cn2c(n1)CN(Cc1cccc(-c3ccncc3)c1)CC2. The number of aromatic nitrogens is 3. The van der Waals surface area contributed by atoms with Gasteiger partial charge in [-0.25, -0.2) is 4.98 Å². The van der Waals surface area contributed by atoms with E-state index in [-0.39, 0.29) is 0 Å². The molecule has 1 aromatic carbocycles. The molecule has 116 valence electrons. The normalized spacial score (nSPS) is 14.7. The van der Waals surface area contributed by atoms with Crippen LogP contribution in [0.2, 0.25) is 0 Å². The average molecular weight is 304 g/mol. The van der Waals surface area contributed by atoms with E-state index in [9.17, 15) is 0 Å². The third-order valence-electron chi connectivity index (χ3n) is 4.35. The van der Waals surface area contributed by atoms with E-state index in [0.717, 1.165) is 31.9 Å². The largest absolute Gasteiger partial charge is 0.332 e. The Balaban J connectivity index is 1.52. The first kappa shape index (κ1) is 14.2. The highest BCUT2D eigenvalue weighted by molar-refractivity contribution is 5.63. The smallest absolute Gasteiger partial charge is 0.123 e. The third kappa shape index (κ3) is 3.03. The lowest BCUT2D eigenvalue weighted by Gasteiger charge is -2.27. The third-order valence-corrected chi connectivity index (χ3v) is 4.35. The Labute approximate surface area is 136 Å². The summed E-state index contributed by atoms with van der Waals surface area (Å²) in [6, 6.07) is 12.9. The fourth-order valence-electron chi connectivity index (χ4n) is 3.23. The van der Waals surface area contributed by atoms with Gasteiger partial charge in [0.05, 0.1) is 12.2 Å². The van der Waals surface area contributed by atoms with E-state index in [0.29, 0.717) is 0 Å². The van der Waals surface area contributed by atoms with Gasteiger partial charge in [0, 0.05) is 38.2 Å². The van der Waals surface area contributed by atoms with Crippen LogP contribution in [0.1, 0.15) is 17.1 Å². The molecule has 2 aromatic heterocycles. The van der Waals surface area contributed by atoms with Gasteiger partial charge in [-0.15, -0.1) is 0 Å². The Bertz CT molecular complexity index is 807. The van der Waals surface area contributed by atoms with Crippen LogP contribution in [0.15, 0.2) is 55.0 Å². The van der Waals surface area contributed by atoms with Crippen molar-refractivity contribution in [1.29, 1.82) is 0 Å². The summed E-state index contributed by atoms with van der Waals surface area (Å²) in [6.07, 6.45) is 5.83. The molecule has 0 spiro atoms. The van der Waals surface area contributed by atoms with Gasteiger partial charge >= 0.3 is 0 Å². The lowest BCUT2D eigenvalue weighted by molar-refractivity contribution is 0.209. The van der Waals surface area contributed by atoms with Crippen molar-refractivity contribution in [2.24, 2.45) is 0 Å². The summed E-state index contributed by atoms with van der Waals surface area (Å²) < 4.78 is 2.28. The maximum atomic E-state index is 4.62. The summed E-state index contributed by atoms with van der Waals surface area (Å²) >= 11 is 0. The molecule has 0 amide bonds. The van der Waals surface area contributed by atoms with Gasteiger partial charge in [-0.2, -0.15) is 0 Å². The van der Waals surface area contributed by atoms with Crippen LogP contribution < -0.4 is 0 Å². The second-order valence-electron chi connectivity index (χ2n) is 6.14. The predicted molar refractivity (Wildman–Crippen MR) is 90.8 cm³/mol. The van der Waals surface area contributed by atoms with E-state index in [1.807, 2.05) is 12.4 Å². The van der Waals surface area contributed by atoms with Gasteiger partial charge in [-0.1, -0.05) is 18.2 Å². The first-order valence-electron chi connectivity index (χ1n) is 8.02. The molecule has 0 fully saturated rings. The van der Waals surface area contributed by atoms with E-state index < -0.39 is 0 Å². The molecular formula is C19H20N4. The molecule has 1 aliphatic rings. The lowest BCUT2D eigenvalue weighted by atomic mass is 10.0. The molecule has 23 heavy (non-hydrogen) atoms. The van der Waals surface area contributed by atoms with Crippen LogP contribution in [0.25, 0.3) is 11.1 Å². The molecule has 0 radical (unpaired) electrons. The molecule has 4 heteroatoms. The zero-order chi connectivity index (χ0) is 15.6. The Morgan fingerprint density at radius 2 is 1.91 bits per heavy atom. The highest BCUT2D eigenvalue weighted by atomic mass is 15.2. The van der Waals surface area contributed by atoms with E-state index in [4.69, 9.17) is 0 Å². The Morgan fingerprint density at radius 1 is 1.04 bits per heavy atom. The first-order valence-corrected chi connectivity index (χ1v) is 8.02. The maximum absolute atomic E-state index is 4.62. The Morgan fingerprint density at radius 3 is 2.78 bits per heavy atom. The summed E-state index contributed by atoms with van der Waals surface area (Å²) in [5.74, 6) is 1.18. The van der Waals surface area contributed by atoms with E-state index >= 15 is 0 Å². The molecule has 0 bridgehead atoms. The standard InChI is InChI=1S/C19H20N4/c1-15-12-23-10-9-22(14-19(23)21-15)13-16-3-2-4-18(11-16)17-5-7-20-8-6-17/h2-8,11-12H,9-10,13-14H2,1H3. The summed E-state index contributed by atoms with van der Waals surface area (Å²) in [7, 11) is 0. The van der Waals surface area contributed by atoms with E-state index in [1.54, 1.807) is 0 Å². The maximum Gasteiger partial charge on any atom is 0.123 e. The minimum Gasteiger partial charge on any atom is -0.332 e. The first-order chi connectivity index (χ1) is 11.3. The van der Waals surface area contributed by atoms with Gasteiger partial charge in [0.15, 0.2) is 0 Å². The fourth-order valence-corrected chi connectivity index (χ4v) is 3.23. The molecule has 0 saturated carbocycles. The number of pyridine rings is 1. The minimum atomic E-state index is 0.924. The predicted octanol–water partition coefficient (Wildman–Crippen LogP) is 3.27. The number of hydrogen-bond acceptors (Lipinski definition) is 3. The van der Waals surface area contributed by atoms with Gasteiger partial charge in [-0.3, -0.25) is 9.88 Å². The number of imidazole rings is 1. The lowest BCUT2D eigenvalue weighted by Crippen LogP contribution is -2.33. The van der Waals surface area contributed by atoms with E-state index in [1.165, 1.54) is 22.5 Å². The number of aryl methyl sites for hydroxylation is 1. The van der Waals surface area contributed by atoms with Crippen LogP contribution in [0.4, 0.5) is 0 Å². The number of nitrogens with zero attached hydrogens (tertiary/aromatic N) is 4. The summed E-state index contributed by atoms with van der Waals surface area (Å²) in [5.41, 5.74) is 4.92. The van der Waals surface area contributed by atoms with Crippen molar-refractivity contribution in [2.75, 3.05) is 6.54 Å². The van der Waals surface area contributed by atoms with Crippen molar-refractivity contribution < 1.29 is 0 Å². The van der Waals surface area contributed by atoms with Gasteiger partial charge in [0.2, 0.25) is 0 Å². The molecule has 3 aromatic rings. The van der Waals surface area contributed by atoms with Crippen molar-refractivity contribution in [1.82, 2.24) is 19.4 Å². The number of fused-ring (bicyclic) bond motifs is 1. The van der Waals surface area contributed by atoms with Crippen molar-refractivity contribution in [2.45, 2.75) is 26.6 Å². The van der Waals surface area contributed by atoms with Crippen molar-refractivity contribution in [3.8, 4) is 11.1 Å². The van der Waals surface area contributed by atoms with Gasteiger partial charge in [0.1, 0.15) is 5.82 Å². The molecule has 3 heterocycles. The molecule has 4 rings (SSSR count). The second kappa shape index (κ2) is 5.97. The van der Waals surface area contributed by atoms with Crippen LogP contribution in [-0.2, 0) is 19.6 Å². The summed E-state index contributed by atoms with van der Waals surface area (Å²) in [6.45, 7) is 6.05. The summed E-state index contributed by atoms with van der Waals surface area (Å²) in [5, 5.41) is 0. The molecule has 0 saturated heterocycles. The van der Waals surface area contributed by atoms with Crippen LogP contribution in [-0.4, -0.2) is 26.0 Å². The highest BCUT2D eigenvalue weighted by Crippen LogP contribution is 2.21. The molecular weight excluding hydrogens is 284 g/mol. The molecule has 4 nitrogen and oxygen atoms in total. The van der Waals surface area contributed by atoms with Crippen molar-refractivity contribution in [3.05, 3.63) is 72.1 Å². The summed E-state index contributed by atoms with van der Waals surface area (Å²) in [4.78, 5) is 11.2. The molecule has 0 atom stereocenters. The minimum absolute atomic E-state index is 0.924. The topological polar surface area (TPSA) is 34.0 Å². The number of hydrogen-bond donors (Lipinski definition) is 0. The number of rotatable bonds is 3. The van der Waals surface area contributed by atoms with Crippen LogP contribution >= 0.6 is 0 Å².